The van der Waals surface area contributed by atoms with E-state index in [0.717, 1.165) is 13.1 Å². The average molecular weight is 187 g/mol. The van der Waals surface area contributed by atoms with Crippen molar-refractivity contribution in [1.29, 1.82) is 0 Å². The number of ether oxygens (including phenoxy) is 2. The van der Waals surface area contributed by atoms with E-state index in [1.54, 1.807) is 0 Å². The maximum Gasteiger partial charge on any atom is 0.163 e. The molecule has 1 atom stereocenters. The monoisotopic (exact) mass is 187 g/mol. The van der Waals surface area contributed by atoms with Crippen molar-refractivity contribution in [2.24, 2.45) is 0 Å². The summed E-state index contributed by atoms with van der Waals surface area (Å²) >= 11 is 0. The van der Waals surface area contributed by atoms with Crippen molar-refractivity contribution in [2.75, 3.05) is 19.7 Å². The lowest BCUT2D eigenvalue weighted by molar-refractivity contribution is -0.137. The molecule has 1 unspecified atom stereocenters. The first-order valence-electron chi connectivity index (χ1n) is 5.16. The molecule has 1 heterocycles. The van der Waals surface area contributed by atoms with Crippen LogP contribution in [0.25, 0.3) is 0 Å². The minimum absolute atomic E-state index is 0.229. The van der Waals surface area contributed by atoms with Crippen molar-refractivity contribution in [3.05, 3.63) is 0 Å². The molecule has 1 aliphatic rings. The zero-order chi connectivity index (χ0) is 9.73. The molecule has 1 rings (SSSR count). The van der Waals surface area contributed by atoms with Gasteiger partial charge in [-0.3, -0.25) is 0 Å². The molecule has 0 aromatic heterocycles. The van der Waals surface area contributed by atoms with Gasteiger partial charge in [0.15, 0.2) is 5.79 Å². The van der Waals surface area contributed by atoms with Crippen LogP contribution in [0.15, 0.2) is 0 Å². The largest absolute Gasteiger partial charge is 0.348 e. The molecule has 1 N–H and O–H groups in total. The van der Waals surface area contributed by atoms with Crippen LogP contribution in [0.1, 0.15) is 33.6 Å². The minimum Gasteiger partial charge on any atom is -0.348 e. The predicted molar refractivity (Wildman–Crippen MR) is 52.7 cm³/mol. The Morgan fingerprint density at radius 3 is 2.77 bits per heavy atom. The molecule has 0 spiro atoms. The van der Waals surface area contributed by atoms with E-state index in [1.165, 1.54) is 12.8 Å². The van der Waals surface area contributed by atoms with Crippen LogP contribution in [0.3, 0.4) is 0 Å². The fraction of sp³-hybridized carbons (Fsp3) is 1.00. The summed E-state index contributed by atoms with van der Waals surface area (Å²) in [5.74, 6) is -0.378. The van der Waals surface area contributed by atoms with Gasteiger partial charge >= 0.3 is 0 Å². The van der Waals surface area contributed by atoms with Gasteiger partial charge in [-0.05, 0) is 26.8 Å². The smallest absolute Gasteiger partial charge is 0.163 e. The van der Waals surface area contributed by atoms with E-state index in [9.17, 15) is 0 Å². The lowest BCUT2D eigenvalue weighted by atomic mass is 10.3. The normalized spacial score (nSPS) is 26.5. The maximum atomic E-state index is 5.64. The minimum atomic E-state index is -0.378. The van der Waals surface area contributed by atoms with Gasteiger partial charge in [0, 0.05) is 6.54 Å². The van der Waals surface area contributed by atoms with Gasteiger partial charge in [-0.1, -0.05) is 13.3 Å². The van der Waals surface area contributed by atoms with E-state index in [2.05, 4.69) is 12.2 Å². The van der Waals surface area contributed by atoms with Crippen molar-refractivity contribution in [3.8, 4) is 0 Å². The predicted octanol–water partition coefficient (Wildman–Crippen LogP) is 1.53. The summed E-state index contributed by atoms with van der Waals surface area (Å²) in [5, 5.41) is 3.36. The highest BCUT2D eigenvalue weighted by Gasteiger charge is 2.31. The van der Waals surface area contributed by atoms with Gasteiger partial charge in [0.25, 0.3) is 0 Å². The molecule has 0 bridgehead atoms. The quantitative estimate of drug-likeness (QED) is 0.662. The van der Waals surface area contributed by atoms with E-state index in [0.29, 0.717) is 6.61 Å². The fourth-order valence-electron chi connectivity index (χ4n) is 1.43. The van der Waals surface area contributed by atoms with Gasteiger partial charge in [-0.2, -0.15) is 0 Å². The Morgan fingerprint density at radius 2 is 2.23 bits per heavy atom. The van der Waals surface area contributed by atoms with Crippen LogP contribution in [0, 0.1) is 0 Å². The Kier molecular flexibility index (Phi) is 4.16. The molecular weight excluding hydrogens is 166 g/mol. The first-order valence-corrected chi connectivity index (χ1v) is 5.16. The van der Waals surface area contributed by atoms with Crippen LogP contribution >= 0.6 is 0 Å². The lowest BCUT2D eigenvalue weighted by Gasteiger charge is -2.17. The van der Waals surface area contributed by atoms with E-state index in [1.807, 2.05) is 13.8 Å². The Labute approximate surface area is 80.8 Å². The highest BCUT2D eigenvalue weighted by Crippen LogP contribution is 2.21. The van der Waals surface area contributed by atoms with Crippen molar-refractivity contribution in [1.82, 2.24) is 5.32 Å². The first kappa shape index (κ1) is 11.0. The number of hydrogen-bond donors (Lipinski definition) is 1. The van der Waals surface area contributed by atoms with Crippen LogP contribution in [-0.4, -0.2) is 31.6 Å². The first-order chi connectivity index (χ1) is 6.14. The molecule has 0 amide bonds. The second-order valence-corrected chi connectivity index (χ2v) is 4.01. The Hall–Kier alpha value is -0.120. The third-order valence-corrected chi connectivity index (χ3v) is 2.15. The van der Waals surface area contributed by atoms with E-state index >= 15 is 0 Å². The second kappa shape index (κ2) is 4.94. The Morgan fingerprint density at radius 1 is 1.46 bits per heavy atom. The third-order valence-electron chi connectivity index (χ3n) is 2.15. The molecule has 0 aliphatic carbocycles. The molecule has 0 saturated carbocycles. The molecule has 0 aromatic carbocycles. The maximum absolute atomic E-state index is 5.64. The molecule has 0 radical (unpaired) electrons. The summed E-state index contributed by atoms with van der Waals surface area (Å²) in [4.78, 5) is 0. The highest BCUT2D eigenvalue weighted by molar-refractivity contribution is 4.72. The number of unbranched alkanes of at least 4 members (excludes halogenated alkanes) is 1. The van der Waals surface area contributed by atoms with Crippen LogP contribution in [0.4, 0.5) is 0 Å². The Bertz CT molecular complexity index is 148. The summed E-state index contributed by atoms with van der Waals surface area (Å²) < 4.78 is 11.1. The van der Waals surface area contributed by atoms with Gasteiger partial charge < -0.3 is 14.8 Å². The van der Waals surface area contributed by atoms with E-state index < -0.39 is 0 Å². The zero-order valence-corrected chi connectivity index (χ0v) is 8.93. The van der Waals surface area contributed by atoms with Crippen LogP contribution in [0.5, 0.6) is 0 Å². The topological polar surface area (TPSA) is 30.5 Å². The molecular formula is C10H21NO2. The van der Waals surface area contributed by atoms with Gasteiger partial charge in [0.2, 0.25) is 0 Å². The zero-order valence-electron chi connectivity index (χ0n) is 8.93. The summed E-state index contributed by atoms with van der Waals surface area (Å²) in [7, 11) is 0. The summed E-state index contributed by atoms with van der Waals surface area (Å²) in [6.07, 6.45) is 2.70. The molecule has 1 fully saturated rings. The third kappa shape index (κ3) is 4.07. The summed E-state index contributed by atoms with van der Waals surface area (Å²) in [5.41, 5.74) is 0. The number of rotatable bonds is 5. The van der Waals surface area contributed by atoms with Gasteiger partial charge in [0.1, 0.15) is 0 Å². The summed E-state index contributed by atoms with van der Waals surface area (Å²) in [6, 6.07) is 0. The number of hydrogen-bond acceptors (Lipinski definition) is 3. The Balaban J connectivity index is 2.04. The molecule has 1 saturated heterocycles. The van der Waals surface area contributed by atoms with Gasteiger partial charge in [-0.15, -0.1) is 0 Å². The highest BCUT2D eigenvalue weighted by atomic mass is 16.7. The van der Waals surface area contributed by atoms with Crippen molar-refractivity contribution < 1.29 is 9.47 Å². The van der Waals surface area contributed by atoms with Crippen LogP contribution in [-0.2, 0) is 9.47 Å². The SMILES string of the molecule is CCCCNCC1COC(C)(C)O1. The molecule has 3 heteroatoms. The van der Waals surface area contributed by atoms with E-state index in [-0.39, 0.29) is 11.9 Å². The molecule has 13 heavy (non-hydrogen) atoms. The van der Waals surface area contributed by atoms with Crippen LogP contribution < -0.4 is 5.32 Å². The second-order valence-electron chi connectivity index (χ2n) is 4.01. The summed E-state index contributed by atoms with van der Waals surface area (Å²) in [6.45, 7) is 8.81. The number of nitrogens with one attached hydrogen (secondary N) is 1. The standard InChI is InChI=1S/C10H21NO2/c1-4-5-6-11-7-9-8-12-10(2,3)13-9/h9,11H,4-8H2,1-3H3. The molecule has 1 aliphatic heterocycles. The van der Waals surface area contributed by atoms with Crippen molar-refractivity contribution in [3.63, 3.8) is 0 Å². The molecule has 78 valence electrons. The molecule has 0 aromatic rings. The van der Waals surface area contributed by atoms with Crippen molar-refractivity contribution in [2.45, 2.75) is 45.5 Å². The van der Waals surface area contributed by atoms with Gasteiger partial charge in [-0.25, -0.2) is 0 Å². The van der Waals surface area contributed by atoms with Crippen LogP contribution in [0.2, 0.25) is 0 Å². The average Bonchev–Trinajstić information content (AvgIpc) is 2.40. The van der Waals surface area contributed by atoms with Gasteiger partial charge in [0.05, 0.1) is 12.7 Å². The molecule has 3 nitrogen and oxygen atoms in total. The fourth-order valence-corrected chi connectivity index (χ4v) is 1.43. The van der Waals surface area contributed by atoms with E-state index in [4.69, 9.17) is 9.47 Å². The van der Waals surface area contributed by atoms with Crippen molar-refractivity contribution >= 4 is 0 Å². The lowest BCUT2D eigenvalue weighted by Crippen LogP contribution is -2.31.